The molecule has 1 heterocycles. The molecule has 0 atom stereocenters. The van der Waals surface area contributed by atoms with Gasteiger partial charge in [-0.25, -0.2) is 4.98 Å². The molecule has 0 unspecified atom stereocenters. The zero-order valence-electron chi connectivity index (χ0n) is 13.4. The average molecular weight is 319 g/mol. The number of oxazole rings is 1. The zero-order valence-corrected chi connectivity index (χ0v) is 13.4. The molecule has 0 spiro atoms. The lowest BCUT2D eigenvalue weighted by Crippen LogP contribution is -2.01. The molecule has 0 N–H and O–H groups in total. The first-order valence-corrected chi connectivity index (χ1v) is 7.75. The Morgan fingerprint density at radius 3 is 2.46 bits per heavy atom. The lowest BCUT2D eigenvalue weighted by molar-refractivity contribution is 0.0981. The number of Topliss-reactive ketones (excluding diaryl/α,β-unsaturated/α-hetero) is 1. The number of nitrogens with zero attached hydrogens (tertiary/aromatic N) is 1. The predicted molar refractivity (Wildman–Crippen MR) is 91.2 cm³/mol. The average Bonchev–Trinajstić information content (AvgIpc) is 3.09. The highest BCUT2D eigenvalue weighted by atomic mass is 16.3. The molecule has 4 nitrogen and oxygen atoms in total. The van der Waals surface area contributed by atoms with Crippen LogP contribution in [0.5, 0.6) is 0 Å². The van der Waals surface area contributed by atoms with Gasteiger partial charge in [0, 0.05) is 29.5 Å². The molecule has 120 valence electrons. The molecule has 0 aliphatic carbocycles. The fourth-order valence-corrected chi connectivity index (χ4v) is 2.38. The number of ketones is 1. The van der Waals surface area contributed by atoms with Gasteiger partial charge in [-0.3, -0.25) is 9.59 Å². The Balaban J connectivity index is 1.63. The molecule has 2 aromatic carbocycles. The second-order valence-electron chi connectivity index (χ2n) is 5.67. The van der Waals surface area contributed by atoms with Crippen LogP contribution < -0.4 is 0 Å². The van der Waals surface area contributed by atoms with Crippen LogP contribution in [0.3, 0.4) is 0 Å². The second kappa shape index (κ2) is 7.04. The van der Waals surface area contributed by atoms with Gasteiger partial charge in [0.1, 0.15) is 12.5 Å². The SMILES string of the molecule is Cc1ccc(-c2nc(CCC(=O)c3ccc(C=O)cc3)co2)cc1. The van der Waals surface area contributed by atoms with Crippen molar-refractivity contribution in [3.63, 3.8) is 0 Å². The second-order valence-corrected chi connectivity index (χ2v) is 5.67. The summed E-state index contributed by atoms with van der Waals surface area (Å²) in [5, 5.41) is 0. The maximum Gasteiger partial charge on any atom is 0.226 e. The number of hydrogen-bond donors (Lipinski definition) is 0. The minimum Gasteiger partial charge on any atom is -0.444 e. The number of aldehydes is 1. The predicted octanol–water partition coefficient (Wildman–Crippen LogP) is 4.28. The molecule has 4 heteroatoms. The Morgan fingerprint density at radius 2 is 1.79 bits per heavy atom. The third kappa shape index (κ3) is 3.66. The van der Waals surface area contributed by atoms with Crippen molar-refractivity contribution in [2.75, 3.05) is 0 Å². The van der Waals surface area contributed by atoms with Gasteiger partial charge in [0.25, 0.3) is 0 Å². The van der Waals surface area contributed by atoms with Crippen molar-refractivity contribution < 1.29 is 14.0 Å². The van der Waals surface area contributed by atoms with E-state index in [1.165, 1.54) is 5.56 Å². The van der Waals surface area contributed by atoms with E-state index < -0.39 is 0 Å². The van der Waals surface area contributed by atoms with E-state index in [0.717, 1.165) is 17.5 Å². The smallest absolute Gasteiger partial charge is 0.226 e. The van der Waals surface area contributed by atoms with Crippen molar-refractivity contribution in [2.24, 2.45) is 0 Å². The van der Waals surface area contributed by atoms with E-state index in [9.17, 15) is 9.59 Å². The summed E-state index contributed by atoms with van der Waals surface area (Å²) in [6.07, 6.45) is 3.22. The van der Waals surface area contributed by atoms with Gasteiger partial charge in [0.15, 0.2) is 5.78 Å². The fraction of sp³-hybridized carbons (Fsp3) is 0.150. The molecule has 24 heavy (non-hydrogen) atoms. The van der Waals surface area contributed by atoms with Crippen LogP contribution in [-0.4, -0.2) is 17.1 Å². The molecule has 0 fully saturated rings. The van der Waals surface area contributed by atoms with Crippen LogP contribution in [0, 0.1) is 6.92 Å². The normalized spacial score (nSPS) is 10.5. The summed E-state index contributed by atoms with van der Waals surface area (Å²) in [5.74, 6) is 0.583. The molecular formula is C20H17NO3. The number of aryl methyl sites for hydroxylation is 2. The van der Waals surface area contributed by atoms with Crippen LogP contribution in [0.4, 0.5) is 0 Å². The molecule has 0 radical (unpaired) electrons. The fourth-order valence-electron chi connectivity index (χ4n) is 2.38. The van der Waals surface area contributed by atoms with E-state index >= 15 is 0 Å². The number of aromatic nitrogens is 1. The first-order valence-electron chi connectivity index (χ1n) is 7.75. The first kappa shape index (κ1) is 15.9. The number of carbonyl (C=O) groups is 2. The maximum atomic E-state index is 12.2. The van der Waals surface area contributed by atoms with Gasteiger partial charge in [-0.15, -0.1) is 0 Å². The van der Waals surface area contributed by atoms with E-state index in [0.29, 0.717) is 29.9 Å². The lowest BCUT2D eigenvalue weighted by atomic mass is 10.0. The molecule has 1 aromatic heterocycles. The van der Waals surface area contributed by atoms with Crippen molar-refractivity contribution in [3.05, 3.63) is 77.2 Å². The van der Waals surface area contributed by atoms with Gasteiger partial charge < -0.3 is 4.42 Å². The number of carbonyl (C=O) groups excluding carboxylic acids is 2. The van der Waals surface area contributed by atoms with E-state index in [1.807, 2.05) is 31.2 Å². The topological polar surface area (TPSA) is 60.2 Å². The molecule has 0 aliphatic heterocycles. The monoisotopic (exact) mass is 319 g/mol. The van der Waals surface area contributed by atoms with Crippen LogP contribution in [0.15, 0.2) is 59.2 Å². The molecule has 0 saturated carbocycles. The third-order valence-electron chi connectivity index (χ3n) is 3.83. The van der Waals surface area contributed by atoms with Gasteiger partial charge in [-0.2, -0.15) is 0 Å². The summed E-state index contributed by atoms with van der Waals surface area (Å²) in [6.45, 7) is 2.03. The Kier molecular flexibility index (Phi) is 4.66. The minimum atomic E-state index is 0.0207. The number of benzene rings is 2. The molecule has 3 aromatic rings. The van der Waals surface area contributed by atoms with Crippen molar-refractivity contribution >= 4 is 12.1 Å². The summed E-state index contributed by atoms with van der Waals surface area (Å²) in [4.78, 5) is 27.3. The molecule has 0 amide bonds. The van der Waals surface area contributed by atoms with E-state index in [1.54, 1.807) is 30.5 Å². The highest BCUT2D eigenvalue weighted by molar-refractivity contribution is 5.96. The Morgan fingerprint density at radius 1 is 1.08 bits per heavy atom. The van der Waals surface area contributed by atoms with Crippen LogP contribution in [0.25, 0.3) is 11.5 Å². The third-order valence-corrected chi connectivity index (χ3v) is 3.83. The summed E-state index contributed by atoms with van der Waals surface area (Å²) in [6, 6.07) is 14.6. The minimum absolute atomic E-state index is 0.0207. The molecule has 3 rings (SSSR count). The summed E-state index contributed by atoms with van der Waals surface area (Å²) >= 11 is 0. The van der Waals surface area contributed by atoms with Crippen molar-refractivity contribution in [1.29, 1.82) is 0 Å². The van der Waals surface area contributed by atoms with Crippen LogP contribution in [-0.2, 0) is 6.42 Å². The van der Waals surface area contributed by atoms with E-state index in [2.05, 4.69) is 4.98 Å². The maximum absolute atomic E-state index is 12.2. The molecule has 0 saturated heterocycles. The van der Waals surface area contributed by atoms with E-state index in [-0.39, 0.29) is 5.78 Å². The standard InChI is InChI=1S/C20H17NO3/c1-14-2-6-17(7-3-14)20-21-18(13-24-20)10-11-19(23)16-8-4-15(12-22)5-9-16/h2-9,12-13H,10-11H2,1H3. The van der Waals surface area contributed by atoms with Gasteiger partial charge in [-0.05, 0) is 19.1 Å². The van der Waals surface area contributed by atoms with Gasteiger partial charge in [0.2, 0.25) is 5.89 Å². The molecule has 0 bridgehead atoms. The Bertz CT molecular complexity index is 845. The Hall–Kier alpha value is -3.01. The van der Waals surface area contributed by atoms with Gasteiger partial charge in [-0.1, -0.05) is 42.0 Å². The summed E-state index contributed by atoms with van der Waals surface area (Å²) in [7, 11) is 0. The van der Waals surface area contributed by atoms with Crippen LogP contribution in [0.2, 0.25) is 0 Å². The highest BCUT2D eigenvalue weighted by Gasteiger charge is 2.10. The van der Waals surface area contributed by atoms with Crippen molar-refractivity contribution in [1.82, 2.24) is 4.98 Å². The number of rotatable bonds is 6. The van der Waals surface area contributed by atoms with Gasteiger partial charge >= 0.3 is 0 Å². The first-order chi connectivity index (χ1) is 11.7. The lowest BCUT2D eigenvalue weighted by Gasteiger charge is -2.00. The van der Waals surface area contributed by atoms with Gasteiger partial charge in [0.05, 0.1) is 5.69 Å². The number of hydrogen-bond acceptors (Lipinski definition) is 4. The summed E-state index contributed by atoms with van der Waals surface area (Å²) < 4.78 is 5.50. The van der Waals surface area contributed by atoms with Crippen LogP contribution >= 0.6 is 0 Å². The highest BCUT2D eigenvalue weighted by Crippen LogP contribution is 2.20. The van der Waals surface area contributed by atoms with Crippen molar-refractivity contribution in [3.8, 4) is 11.5 Å². The molecule has 0 aliphatic rings. The van der Waals surface area contributed by atoms with Crippen LogP contribution in [0.1, 0.15) is 38.4 Å². The quantitative estimate of drug-likeness (QED) is 0.502. The summed E-state index contributed by atoms with van der Waals surface area (Å²) in [5.41, 5.74) is 4.01. The zero-order chi connectivity index (χ0) is 16.9. The van der Waals surface area contributed by atoms with Crippen molar-refractivity contribution in [2.45, 2.75) is 19.8 Å². The van der Waals surface area contributed by atoms with E-state index in [4.69, 9.17) is 4.42 Å². The largest absolute Gasteiger partial charge is 0.444 e. The molecular weight excluding hydrogens is 302 g/mol. The Labute approximate surface area is 140 Å².